The lowest BCUT2D eigenvalue weighted by Crippen LogP contribution is -2.33. The van der Waals surface area contributed by atoms with E-state index in [4.69, 9.17) is 9.72 Å². The number of aryl methyl sites for hydroxylation is 1. The SMILES string of the molecule is Cl.Cn1ncc2cc(-c3c(-c4ccc(C#N)cc4)nc(OC[C@@H]4CCCNC4)c4cncn34)cnc21. The number of halogens is 1. The molecular formula is C26H25ClN8O. The average Bonchev–Trinajstić information content (AvgIpc) is 3.54. The summed E-state index contributed by atoms with van der Waals surface area (Å²) in [5.74, 6) is 0.996. The summed E-state index contributed by atoms with van der Waals surface area (Å²) >= 11 is 0. The van der Waals surface area contributed by atoms with E-state index in [0.29, 0.717) is 24.0 Å². The molecule has 0 aliphatic carbocycles. The molecule has 0 bridgehead atoms. The highest BCUT2D eigenvalue weighted by atomic mass is 35.5. The first-order valence-electron chi connectivity index (χ1n) is 11.7. The third-order valence-electron chi connectivity index (χ3n) is 6.52. The fourth-order valence-electron chi connectivity index (χ4n) is 4.68. The molecule has 1 aliphatic rings. The summed E-state index contributed by atoms with van der Waals surface area (Å²) in [7, 11) is 1.88. The molecule has 1 atom stereocenters. The molecule has 4 aromatic heterocycles. The van der Waals surface area contributed by atoms with Crippen LogP contribution < -0.4 is 10.1 Å². The van der Waals surface area contributed by atoms with Gasteiger partial charge in [0.2, 0.25) is 5.88 Å². The molecular weight excluding hydrogens is 476 g/mol. The molecule has 5 heterocycles. The number of nitrogens with zero attached hydrogens (tertiary/aromatic N) is 7. The predicted molar refractivity (Wildman–Crippen MR) is 139 cm³/mol. The Bertz CT molecular complexity index is 1560. The van der Waals surface area contributed by atoms with E-state index >= 15 is 0 Å². The molecule has 1 aromatic carbocycles. The molecule has 0 radical (unpaired) electrons. The van der Waals surface area contributed by atoms with Crippen LogP contribution in [0.25, 0.3) is 39.1 Å². The number of pyridine rings is 1. The number of imidazole rings is 1. The maximum Gasteiger partial charge on any atom is 0.240 e. The van der Waals surface area contributed by atoms with Gasteiger partial charge in [0.15, 0.2) is 5.65 Å². The van der Waals surface area contributed by atoms with E-state index in [2.05, 4.69) is 32.5 Å². The molecule has 10 heteroatoms. The van der Waals surface area contributed by atoms with Crippen LogP contribution in [0.4, 0.5) is 0 Å². The number of hydrogen-bond donors (Lipinski definition) is 1. The number of ether oxygens (including phenoxy) is 1. The van der Waals surface area contributed by atoms with Crippen LogP contribution in [0.1, 0.15) is 18.4 Å². The second kappa shape index (κ2) is 9.93. The van der Waals surface area contributed by atoms with Gasteiger partial charge in [0.1, 0.15) is 5.52 Å². The Hall–Kier alpha value is -4.00. The van der Waals surface area contributed by atoms with Gasteiger partial charge in [0.25, 0.3) is 0 Å². The molecule has 0 saturated carbocycles. The third kappa shape index (κ3) is 4.26. The fourth-order valence-corrected chi connectivity index (χ4v) is 4.68. The van der Waals surface area contributed by atoms with Crippen LogP contribution in [0.2, 0.25) is 0 Å². The van der Waals surface area contributed by atoms with Crippen molar-refractivity contribution in [1.82, 2.24) is 34.4 Å². The van der Waals surface area contributed by atoms with Gasteiger partial charge in [-0.05, 0) is 37.6 Å². The molecule has 0 spiro atoms. The second-order valence-electron chi connectivity index (χ2n) is 8.88. The number of rotatable bonds is 5. The number of fused-ring (bicyclic) bond motifs is 2. The maximum absolute atomic E-state index is 9.27. The second-order valence-corrected chi connectivity index (χ2v) is 8.88. The Balaban J connectivity index is 0.00000267. The zero-order valence-corrected chi connectivity index (χ0v) is 20.6. The lowest BCUT2D eigenvalue weighted by atomic mass is 10.0. The lowest BCUT2D eigenvalue weighted by molar-refractivity contribution is 0.214. The number of nitriles is 1. The Kier molecular flexibility index (Phi) is 6.55. The number of piperidine rings is 1. The van der Waals surface area contributed by atoms with Gasteiger partial charge < -0.3 is 10.1 Å². The number of nitrogens with one attached hydrogen (secondary N) is 1. The highest BCUT2D eigenvalue weighted by molar-refractivity contribution is 5.87. The first-order valence-corrected chi connectivity index (χ1v) is 11.7. The zero-order chi connectivity index (χ0) is 23.8. The van der Waals surface area contributed by atoms with Crippen molar-refractivity contribution in [1.29, 1.82) is 5.26 Å². The van der Waals surface area contributed by atoms with E-state index in [1.807, 2.05) is 29.8 Å². The van der Waals surface area contributed by atoms with Gasteiger partial charge >= 0.3 is 0 Å². The van der Waals surface area contributed by atoms with E-state index in [1.54, 1.807) is 35.5 Å². The van der Waals surface area contributed by atoms with Crippen molar-refractivity contribution in [3.8, 4) is 34.5 Å². The van der Waals surface area contributed by atoms with Crippen LogP contribution in [0.3, 0.4) is 0 Å². The van der Waals surface area contributed by atoms with Gasteiger partial charge in [-0.2, -0.15) is 10.4 Å². The van der Waals surface area contributed by atoms with Crippen molar-refractivity contribution in [3.05, 3.63) is 60.8 Å². The fraction of sp³-hybridized carbons (Fsp3) is 0.269. The minimum Gasteiger partial charge on any atom is -0.476 e. The molecule has 1 fully saturated rings. The summed E-state index contributed by atoms with van der Waals surface area (Å²) in [6.07, 6.45) is 9.50. The summed E-state index contributed by atoms with van der Waals surface area (Å²) in [6.45, 7) is 2.61. The topological polar surface area (TPSA) is 106 Å². The Morgan fingerprint density at radius 1 is 1.17 bits per heavy atom. The smallest absolute Gasteiger partial charge is 0.240 e. The summed E-state index contributed by atoms with van der Waals surface area (Å²) in [5, 5.41) is 18.0. The van der Waals surface area contributed by atoms with Crippen molar-refractivity contribution in [2.45, 2.75) is 12.8 Å². The maximum atomic E-state index is 9.27. The molecule has 0 unspecified atom stereocenters. The molecule has 5 aromatic rings. The van der Waals surface area contributed by atoms with Gasteiger partial charge in [-0.15, -0.1) is 12.4 Å². The van der Waals surface area contributed by atoms with Gasteiger partial charge in [-0.25, -0.2) is 15.0 Å². The molecule has 6 rings (SSSR count). The normalized spacial score (nSPS) is 15.5. The average molecular weight is 501 g/mol. The van der Waals surface area contributed by atoms with E-state index in [0.717, 1.165) is 65.0 Å². The van der Waals surface area contributed by atoms with E-state index in [1.165, 1.54) is 0 Å². The lowest BCUT2D eigenvalue weighted by Gasteiger charge is -2.23. The Morgan fingerprint density at radius 2 is 2.03 bits per heavy atom. The van der Waals surface area contributed by atoms with Crippen LogP contribution in [-0.2, 0) is 7.05 Å². The largest absolute Gasteiger partial charge is 0.476 e. The Morgan fingerprint density at radius 3 is 2.81 bits per heavy atom. The molecule has 9 nitrogen and oxygen atoms in total. The van der Waals surface area contributed by atoms with Crippen molar-refractivity contribution < 1.29 is 4.74 Å². The van der Waals surface area contributed by atoms with Gasteiger partial charge in [-0.3, -0.25) is 9.08 Å². The summed E-state index contributed by atoms with van der Waals surface area (Å²) in [6, 6.07) is 11.7. The van der Waals surface area contributed by atoms with E-state index in [9.17, 15) is 5.26 Å². The standard InChI is InChI=1S/C26H24N8O.ClH/c1-33-25-21(13-31-33)9-20(12-30-25)24-23(19-6-4-17(10-27)5-7-19)32-26(22-14-29-16-34(22)24)35-15-18-3-2-8-28-11-18;/h4-7,9,12-14,16,18,28H,2-3,8,11,15H2,1H3;1H/t18-;/m1./s1. The minimum absolute atomic E-state index is 0. The molecule has 1 N–H and O–H groups in total. The van der Waals surface area contributed by atoms with Crippen LogP contribution >= 0.6 is 12.4 Å². The molecule has 36 heavy (non-hydrogen) atoms. The third-order valence-corrected chi connectivity index (χ3v) is 6.52. The van der Waals surface area contributed by atoms with Crippen LogP contribution in [0.15, 0.2) is 55.2 Å². The molecule has 0 amide bonds. The number of aromatic nitrogens is 6. The zero-order valence-electron chi connectivity index (χ0n) is 19.8. The van der Waals surface area contributed by atoms with Crippen molar-refractivity contribution in [2.75, 3.05) is 19.7 Å². The van der Waals surface area contributed by atoms with Crippen LogP contribution in [0.5, 0.6) is 5.88 Å². The van der Waals surface area contributed by atoms with Crippen molar-refractivity contribution >= 4 is 29.0 Å². The first-order chi connectivity index (χ1) is 17.2. The Labute approximate surface area is 214 Å². The predicted octanol–water partition coefficient (Wildman–Crippen LogP) is 4.02. The van der Waals surface area contributed by atoms with Crippen molar-refractivity contribution in [3.63, 3.8) is 0 Å². The summed E-state index contributed by atoms with van der Waals surface area (Å²) in [5.41, 5.74) is 5.57. The first kappa shape index (κ1) is 23.7. The highest BCUT2D eigenvalue weighted by Gasteiger charge is 2.21. The highest BCUT2D eigenvalue weighted by Crippen LogP contribution is 2.36. The number of hydrogen-bond acceptors (Lipinski definition) is 7. The van der Waals surface area contributed by atoms with Crippen LogP contribution in [-0.4, -0.2) is 48.8 Å². The molecule has 182 valence electrons. The van der Waals surface area contributed by atoms with Gasteiger partial charge in [0.05, 0.1) is 48.3 Å². The van der Waals surface area contributed by atoms with Crippen molar-refractivity contribution in [2.24, 2.45) is 13.0 Å². The molecule has 1 saturated heterocycles. The van der Waals surface area contributed by atoms with Crippen LogP contribution in [0, 0.1) is 17.2 Å². The molecule has 1 aliphatic heterocycles. The summed E-state index contributed by atoms with van der Waals surface area (Å²) in [4.78, 5) is 14.1. The quantitative estimate of drug-likeness (QED) is 0.388. The number of benzene rings is 1. The van der Waals surface area contributed by atoms with Gasteiger partial charge in [-0.1, -0.05) is 12.1 Å². The monoisotopic (exact) mass is 500 g/mol. The van der Waals surface area contributed by atoms with E-state index < -0.39 is 0 Å². The van der Waals surface area contributed by atoms with Gasteiger partial charge in [0, 0.05) is 42.2 Å². The van der Waals surface area contributed by atoms with E-state index in [-0.39, 0.29) is 12.4 Å². The minimum atomic E-state index is 0. The summed E-state index contributed by atoms with van der Waals surface area (Å²) < 4.78 is 10.1.